The Balaban J connectivity index is 2.60. The first-order valence-corrected chi connectivity index (χ1v) is 35.3. The molecule has 0 spiro atoms. The van der Waals surface area contributed by atoms with Gasteiger partial charge in [0.15, 0.2) is 24.6 Å². The van der Waals surface area contributed by atoms with E-state index in [0.29, 0.717) is 19.3 Å². The molecule has 0 amide bonds. The molecule has 1 rings (SSSR count). The zero-order valence-corrected chi connectivity index (χ0v) is 54.0. The molecule has 0 aliphatic carbocycles. The SMILES string of the molecule is CCCCCCCC/C=C\CCCCCCCCCCCC(=O)OCC(COC1OC(C(=O)O)C(O)C(O)C1OC(=O)CCCCCCCCCCC/C=C\CCCCCCCC)OC(=O)CCCCCCCCCCCCCCCCC. The molecule has 1 aliphatic rings. The van der Waals surface area contributed by atoms with Crippen molar-refractivity contribution in [3.8, 4) is 0 Å². The van der Waals surface area contributed by atoms with Gasteiger partial charge in [-0.15, -0.1) is 0 Å². The number of carboxylic acid groups (broad SMARTS) is 1. The molecule has 1 heterocycles. The number of carbonyl (C=O) groups is 4. The number of rotatable bonds is 62. The fraction of sp³-hybridized carbons (Fsp3) is 0.887. The Morgan fingerprint density at radius 2 is 0.687 bits per heavy atom. The molecular weight excluding hydrogens is 1040 g/mol. The molecule has 1 aliphatic heterocycles. The maximum absolute atomic E-state index is 13.2. The quantitative estimate of drug-likeness (QED) is 0.0228. The number of aliphatic hydroxyl groups is 2. The van der Waals surface area contributed by atoms with Crippen molar-refractivity contribution in [1.29, 1.82) is 0 Å². The van der Waals surface area contributed by atoms with Gasteiger partial charge < -0.3 is 39.0 Å². The van der Waals surface area contributed by atoms with Gasteiger partial charge in [-0.1, -0.05) is 289 Å². The number of carboxylic acids is 1. The van der Waals surface area contributed by atoms with E-state index in [1.165, 1.54) is 225 Å². The molecule has 1 saturated heterocycles. The lowest BCUT2D eigenvalue weighted by Gasteiger charge is -2.40. The van der Waals surface area contributed by atoms with Crippen molar-refractivity contribution < 1.29 is 58.2 Å². The minimum absolute atomic E-state index is 0.0634. The lowest BCUT2D eigenvalue weighted by atomic mass is 9.98. The van der Waals surface area contributed by atoms with Gasteiger partial charge in [-0.05, 0) is 70.6 Å². The number of aliphatic hydroxyl groups excluding tert-OH is 2. The predicted octanol–water partition coefficient (Wildman–Crippen LogP) is 19.4. The van der Waals surface area contributed by atoms with Crippen LogP contribution in [0.1, 0.15) is 355 Å². The third kappa shape index (κ3) is 48.9. The first kappa shape index (κ1) is 78.2. The molecule has 0 radical (unpaired) electrons. The average Bonchev–Trinajstić information content (AvgIpc) is 3.57. The van der Waals surface area contributed by atoms with Gasteiger partial charge in [-0.2, -0.15) is 0 Å². The van der Waals surface area contributed by atoms with Crippen LogP contribution in [0, 0.1) is 0 Å². The van der Waals surface area contributed by atoms with E-state index in [9.17, 15) is 34.5 Å². The van der Waals surface area contributed by atoms with Gasteiger partial charge >= 0.3 is 23.9 Å². The lowest BCUT2D eigenvalue weighted by Crippen LogP contribution is -2.61. The van der Waals surface area contributed by atoms with Crippen LogP contribution in [0.15, 0.2) is 24.3 Å². The third-order valence-corrected chi connectivity index (χ3v) is 16.5. The zero-order chi connectivity index (χ0) is 60.3. The van der Waals surface area contributed by atoms with Gasteiger partial charge in [-0.3, -0.25) is 14.4 Å². The standard InChI is InChI=1S/C71H130O12/c1-4-7-10-13-16-19-22-25-28-30-32-34-37-39-42-45-48-51-54-57-63(72)79-60-62(81-64(73)58-55-52-49-46-43-40-36-27-24-21-18-15-12-9-6-3)61-80-71-69(67(76)66(75)68(83-71)70(77)78)82-65(74)59-56-53-50-47-44-41-38-35-33-31-29-26-23-20-17-14-11-8-5-2/h25-26,28-29,62,66-69,71,75-76H,4-24,27,30-61H2,1-3H3,(H,77,78)/b28-25-,29-26-. The number of hydrogen-bond acceptors (Lipinski definition) is 11. The van der Waals surface area contributed by atoms with Crippen LogP contribution in [-0.2, 0) is 42.9 Å². The molecule has 6 atom stereocenters. The van der Waals surface area contributed by atoms with Crippen LogP contribution in [0.2, 0.25) is 0 Å². The van der Waals surface area contributed by atoms with Crippen LogP contribution in [-0.4, -0.2) is 89.2 Å². The second kappa shape index (κ2) is 59.5. The maximum Gasteiger partial charge on any atom is 0.335 e. The van der Waals surface area contributed by atoms with Gasteiger partial charge in [0, 0.05) is 19.3 Å². The second-order valence-electron chi connectivity index (χ2n) is 24.5. The number of unbranched alkanes of at least 4 members (excludes halogenated alkanes) is 44. The highest BCUT2D eigenvalue weighted by Crippen LogP contribution is 2.27. The summed E-state index contributed by atoms with van der Waals surface area (Å²) in [6.45, 7) is 6.06. The Bertz CT molecular complexity index is 1530. The molecule has 486 valence electrons. The molecule has 0 saturated carbocycles. The minimum Gasteiger partial charge on any atom is -0.479 e. The summed E-state index contributed by atoms with van der Waals surface area (Å²) in [4.78, 5) is 51.5. The fourth-order valence-electron chi connectivity index (χ4n) is 11.1. The summed E-state index contributed by atoms with van der Waals surface area (Å²) in [6, 6.07) is 0. The number of allylic oxidation sites excluding steroid dienone is 4. The number of hydrogen-bond donors (Lipinski definition) is 3. The Morgan fingerprint density at radius 1 is 0.386 bits per heavy atom. The van der Waals surface area contributed by atoms with E-state index in [2.05, 4.69) is 45.1 Å². The van der Waals surface area contributed by atoms with Crippen molar-refractivity contribution in [2.24, 2.45) is 0 Å². The second-order valence-corrected chi connectivity index (χ2v) is 24.5. The summed E-state index contributed by atoms with van der Waals surface area (Å²) >= 11 is 0. The topological polar surface area (TPSA) is 175 Å². The van der Waals surface area contributed by atoms with Crippen molar-refractivity contribution in [3.05, 3.63) is 24.3 Å². The monoisotopic (exact) mass is 1170 g/mol. The van der Waals surface area contributed by atoms with E-state index in [4.69, 9.17) is 23.7 Å². The summed E-state index contributed by atoms with van der Waals surface area (Å²) in [5, 5.41) is 31.7. The summed E-state index contributed by atoms with van der Waals surface area (Å²) in [7, 11) is 0. The normalized spacial score (nSPS) is 17.6. The first-order chi connectivity index (χ1) is 40.6. The summed E-state index contributed by atoms with van der Waals surface area (Å²) in [6.07, 6.45) is 58.4. The molecule has 1 fully saturated rings. The van der Waals surface area contributed by atoms with Gasteiger partial charge in [0.2, 0.25) is 0 Å². The number of carbonyl (C=O) groups excluding carboxylic acids is 3. The van der Waals surface area contributed by atoms with Crippen molar-refractivity contribution in [2.75, 3.05) is 13.2 Å². The molecule has 0 aromatic carbocycles. The van der Waals surface area contributed by atoms with Crippen molar-refractivity contribution >= 4 is 23.9 Å². The molecule has 12 heteroatoms. The molecule has 0 aromatic heterocycles. The van der Waals surface area contributed by atoms with Crippen LogP contribution >= 0.6 is 0 Å². The highest BCUT2D eigenvalue weighted by atomic mass is 16.7. The van der Waals surface area contributed by atoms with E-state index >= 15 is 0 Å². The molecule has 3 N–H and O–H groups in total. The number of esters is 3. The van der Waals surface area contributed by atoms with Crippen molar-refractivity contribution in [3.63, 3.8) is 0 Å². The summed E-state index contributed by atoms with van der Waals surface area (Å²) < 4.78 is 28.6. The van der Waals surface area contributed by atoms with Crippen molar-refractivity contribution in [2.45, 2.75) is 391 Å². The molecule has 0 bridgehead atoms. The summed E-state index contributed by atoms with van der Waals surface area (Å²) in [5.41, 5.74) is 0. The van der Waals surface area contributed by atoms with Crippen molar-refractivity contribution in [1.82, 2.24) is 0 Å². The van der Waals surface area contributed by atoms with Crippen LogP contribution in [0.3, 0.4) is 0 Å². The van der Waals surface area contributed by atoms with Gasteiger partial charge in [-0.25, -0.2) is 4.79 Å². The Labute approximate surface area is 508 Å². The average molecular weight is 1180 g/mol. The fourth-order valence-corrected chi connectivity index (χ4v) is 11.1. The van der Waals surface area contributed by atoms with Gasteiger partial charge in [0.25, 0.3) is 0 Å². The van der Waals surface area contributed by atoms with E-state index in [1.54, 1.807) is 0 Å². The highest BCUT2D eigenvalue weighted by Gasteiger charge is 2.50. The molecule has 0 aromatic rings. The predicted molar refractivity (Wildman–Crippen MR) is 340 cm³/mol. The highest BCUT2D eigenvalue weighted by molar-refractivity contribution is 5.74. The molecule has 83 heavy (non-hydrogen) atoms. The van der Waals surface area contributed by atoms with Crippen LogP contribution in [0.5, 0.6) is 0 Å². The zero-order valence-electron chi connectivity index (χ0n) is 54.0. The van der Waals surface area contributed by atoms with Gasteiger partial charge in [0.05, 0.1) is 6.61 Å². The molecular formula is C71H130O12. The number of aliphatic carboxylic acids is 1. The van der Waals surface area contributed by atoms with Crippen LogP contribution < -0.4 is 0 Å². The van der Waals surface area contributed by atoms with Crippen LogP contribution in [0.25, 0.3) is 0 Å². The third-order valence-electron chi connectivity index (χ3n) is 16.5. The van der Waals surface area contributed by atoms with E-state index in [-0.39, 0.29) is 25.9 Å². The Kier molecular flexibility index (Phi) is 56.1. The lowest BCUT2D eigenvalue weighted by molar-refractivity contribution is -0.301. The van der Waals surface area contributed by atoms with Gasteiger partial charge in [0.1, 0.15) is 18.8 Å². The number of ether oxygens (including phenoxy) is 5. The maximum atomic E-state index is 13.2. The van der Waals surface area contributed by atoms with E-state index < -0.39 is 67.3 Å². The first-order valence-electron chi connectivity index (χ1n) is 35.3. The molecule has 6 unspecified atom stereocenters. The Hall–Kier alpha value is -2.80. The molecule has 12 nitrogen and oxygen atoms in total. The van der Waals surface area contributed by atoms with E-state index in [0.717, 1.165) is 70.6 Å². The minimum atomic E-state index is -1.90. The largest absolute Gasteiger partial charge is 0.479 e. The van der Waals surface area contributed by atoms with Crippen LogP contribution in [0.4, 0.5) is 0 Å². The van der Waals surface area contributed by atoms with E-state index in [1.807, 2.05) is 0 Å². The smallest absolute Gasteiger partial charge is 0.335 e. The Morgan fingerprint density at radius 3 is 1.02 bits per heavy atom. The summed E-state index contributed by atoms with van der Waals surface area (Å²) in [5.74, 6) is -3.08.